The second-order valence-corrected chi connectivity index (χ2v) is 2.73. The molecule has 0 aliphatic carbocycles. The van der Waals surface area contributed by atoms with Gasteiger partial charge in [0.1, 0.15) is 12.0 Å². The maximum absolute atomic E-state index is 13.1. The monoisotopic (exact) mass is 175 g/mol. The van der Waals surface area contributed by atoms with Crippen LogP contribution in [0.2, 0.25) is 0 Å². The Bertz CT molecular complexity index is 382. The molecule has 0 bridgehead atoms. The number of rotatable bonds is 2. The van der Waals surface area contributed by atoms with Gasteiger partial charge in [0.2, 0.25) is 0 Å². The number of hydrogen-bond acceptors (Lipinski definition) is 1. The second kappa shape index (κ2) is 3.39. The summed E-state index contributed by atoms with van der Waals surface area (Å²) >= 11 is 0. The van der Waals surface area contributed by atoms with E-state index in [4.69, 9.17) is 0 Å². The third-order valence-corrected chi connectivity index (χ3v) is 1.80. The van der Waals surface area contributed by atoms with Gasteiger partial charge in [0.15, 0.2) is 0 Å². The van der Waals surface area contributed by atoms with Crippen molar-refractivity contribution < 1.29 is 4.39 Å². The van der Waals surface area contributed by atoms with Gasteiger partial charge < -0.3 is 0 Å². The highest BCUT2D eigenvalue weighted by Gasteiger charge is 2.00. The van der Waals surface area contributed by atoms with Crippen molar-refractivity contribution in [1.82, 2.24) is 9.78 Å². The lowest BCUT2D eigenvalue weighted by Crippen LogP contribution is -2.01. The smallest absolute Gasteiger partial charge is 0.128 e. The van der Waals surface area contributed by atoms with Gasteiger partial charge in [-0.2, -0.15) is 5.10 Å². The zero-order valence-electron chi connectivity index (χ0n) is 6.94. The van der Waals surface area contributed by atoms with Crippen molar-refractivity contribution >= 4 is 0 Å². The molecule has 2 nitrogen and oxygen atoms in total. The Labute approximate surface area is 75.6 Å². The van der Waals surface area contributed by atoms with Crippen LogP contribution in [0.4, 0.5) is 4.39 Å². The third-order valence-electron chi connectivity index (χ3n) is 1.80. The van der Waals surface area contributed by atoms with E-state index >= 15 is 0 Å². The van der Waals surface area contributed by atoms with E-state index in [9.17, 15) is 4.39 Å². The average Bonchev–Trinajstić information content (AvgIpc) is 2.61. The largest absolute Gasteiger partial charge is 0.268 e. The van der Waals surface area contributed by atoms with Crippen LogP contribution in [0, 0.1) is 12.0 Å². The van der Waals surface area contributed by atoms with Gasteiger partial charge in [0, 0.05) is 11.8 Å². The molecule has 1 aromatic carbocycles. The fourth-order valence-electron chi connectivity index (χ4n) is 1.15. The van der Waals surface area contributed by atoms with Crippen LogP contribution in [0.1, 0.15) is 5.56 Å². The standard InChI is InChI=1S/C10H8FN2/c11-10-5-2-1-4-9(10)8-13-7-3-6-12-13/h1-5,7H,8H2. The van der Waals surface area contributed by atoms with Gasteiger partial charge in [0.05, 0.1) is 6.54 Å². The first kappa shape index (κ1) is 7.98. The molecule has 0 saturated carbocycles. The minimum Gasteiger partial charge on any atom is -0.268 e. The maximum Gasteiger partial charge on any atom is 0.128 e. The topological polar surface area (TPSA) is 17.8 Å². The van der Waals surface area contributed by atoms with Gasteiger partial charge in [-0.1, -0.05) is 18.2 Å². The molecule has 0 spiro atoms. The Morgan fingerprint density at radius 3 is 2.92 bits per heavy atom. The first-order valence-corrected chi connectivity index (χ1v) is 3.99. The minimum atomic E-state index is -0.196. The Morgan fingerprint density at radius 1 is 1.38 bits per heavy atom. The van der Waals surface area contributed by atoms with Gasteiger partial charge in [-0.05, 0) is 12.1 Å². The van der Waals surface area contributed by atoms with Crippen LogP contribution in [0.15, 0.2) is 36.5 Å². The van der Waals surface area contributed by atoms with Gasteiger partial charge in [-0.25, -0.2) is 4.39 Å². The van der Waals surface area contributed by atoms with Crippen LogP contribution < -0.4 is 0 Å². The molecule has 2 rings (SSSR count). The fraction of sp³-hybridized carbons (Fsp3) is 0.100. The molecule has 0 saturated heterocycles. The van der Waals surface area contributed by atoms with Crippen LogP contribution in [0.3, 0.4) is 0 Å². The molecule has 1 radical (unpaired) electrons. The number of hydrogen-bond donors (Lipinski definition) is 0. The van der Waals surface area contributed by atoms with E-state index in [-0.39, 0.29) is 5.82 Å². The molecule has 1 aromatic heterocycles. The van der Waals surface area contributed by atoms with Crippen molar-refractivity contribution in [2.24, 2.45) is 0 Å². The van der Waals surface area contributed by atoms with Crippen molar-refractivity contribution in [3.63, 3.8) is 0 Å². The molecule has 13 heavy (non-hydrogen) atoms. The molecule has 0 N–H and O–H groups in total. The van der Waals surface area contributed by atoms with Crippen molar-refractivity contribution in [2.45, 2.75) is 6.54 Å². The van der Waals surface area contributed by atoms with Crippen LogP contribution in [-0.4, -0.2) is 9.78 Å². The summed E-state index contributed by atoms with van der Waals surface area (Å²) in [6.45, 7) is 0.455. The highest BCUT2D eigenvalue weighted by molar-refractivity contribution is 5.17. The van der Waals surface area contributed by atoms with Crippen molar-refractivity contribution in [2.75, 3.05) is 0 Å². The fourth-order valence-corrected chi connectivity index (χ4v) is 1.15. The summed E-state index contributed by atoms with van der Waals surface area (Å²) in [5, 5.41) is 3.88. The van der Waals surface area contributed by atoms with Crippen molar-refractivity contribution in [3.05, 3.63) is 54.1 Å². The zero-order valence-corrected chi connectivity index (χ0v) is 6.94. The SMILES string of the molecule is Fc1ccccc1Cn1cc[c]n1. The summed E-state index contributed by atoms with van der Waals surface area (Å²) < 4.78 is 14.8. The van der Waals surface area contributed by atoms with Crippen molar-refractivity contribution in [1.29, 1.82) is 0 Å². The average molecular weight is 175 g/mol. The summed E-state index contributed by atoms with van der Waals surface area (Å²) in [6, 6.07) is 8.38. The molecule has 0 atom stereocenters. The summed E-state index contributed by atoms with van der Waals surface area (Å²) in [5.41, 5.74) is 0.639. The number of benzene rings is 1. The van der Waals surface area contributed by atoms with Crippen LogP contribution in [0.5, 0.6) is 0 Å². The van der Waals surface area contributed by atoms with Gasteiger partial charge >= 0.3 is 0 Å². The summed E-state index contributed by atoms with van der Waals surface area (Å²) in [6.07, 6.45) is 4.42. The van der Waals surface area contributed by atoms with E-state index in [1.807, 2.05) is 6.07 Å². The summed E-state index contributed by atoms with van der Waals surface area (Å²) in [5.74, 6) is -0.196. The lowest BCUT2D eigenvalue weighted by atomic mass is 10.2. The Kier molecular flexibility index (Phi) is 2.08. The Hall–Kier alpha value is -1.64. The van der Waals surface area contributed by atoms with E-state index < -0.39 is 0 Å². The zero-order chi connectivity index (χ0) is 9.10. The second-order valence-electron chi connectivity index (χ2n) is 2.73. The summed E-state index contributed by atoms with van der Waals surface area (Å²) in [7, 11) is 0. The van der Waals surface area contributed by atoms with Crippen molar-refractivity contribution in [3.8, 4) is 0 Å². The predicted octanol–water partition coefficient (Wildman–Crippen LogP) is 1.87. The number of nitrogens with zero attached hydrogens (tertiary/aromatic N) is 2. The molecule has 0 amide bonds. The number of aromatic nitrogens is 2. The van der Waals surface area contributed by atoms with Gasteiger partial charge in [-0.3, -0.25) is 4.68 Å². The maximum atomic E-state index is 13.1. The van der Waals surface area contributed by atoms with Gasteiger partial charge in [-0.15, -0.1) is 0 Å². The molecule has 0 fully saturated rings. The first-order valence-electron chi connectivity index (χ1n) is 3.99. The lowest BCUT2D eigenvalue weighted by molar-refractivity contribution is 0.585. The van der Waals surface area contributed by atoms with Crippen LogP contribution >= 0.6 is 0 Å². The molecule has 1 heterocycles. The molecule has 3 heteroatoms. The van der Waals surface area contributed by atoms with E-state index in [0.717, 1.165) is 0 Å². The highest BCUT2D eigenvalue weighted by Crippen LogP contribution is 2.07. The van der Waals surface area contributed by atoms with E-state index in [1.165, 1.54) is 6.07 Å². The van der Waals surface area contributed by atoms with E-state index in [1.54, 1.807) is 29.1 Å². The third kappa shape index (κ3) is 1.75. The molecule has 0 aliphatic heterocycles. The first-order chi connectivity index (χ1) is 6.36. The highest BCUT2D eigenvalue weighted by atomic mass is 19.1. The molecule has 65 valence electrons. The quantitative estimate of drug-likeness (QED) is 0.681. The van der Waals surface area contributed by atoms with Gasteiger partial charge in [0.25, 0.3) is 0 Å². The van der Waals surface area contributed by atoms with Crippen LogP contribution in [-0.2, 0) is 6.54 Å². The molecule has 0 unspecified atom stereocenters. The predicted molar refractivity (Wildman–Crippen MR) is 46.6 cm³/mol. The minimum absolute atomic E-state index is 0.196. The Morgan fingerprint density at radius 2 is 2.23 bits per heavy atom. The lowest BCUT2D eigenvalue weighted by Gasteiger charge is -2.02. The van der Waals surface area contributed by atoms with Crippen LogP contribution in [0.25, 0.3) is 0 Å². The molecular weight excluding hydrogens is 167 g/mol. The number of halogens is 1. The molecule has 2 aromatic rings. The van der Waals surface area contributed by atoms with E-state index in [2.05, 4.69) is 11.3 Å². The summed E-state index contributed by atoms with van der Waals surface area (Å²) in [4.78, 5) is 0. The normalized spacial score (nSPS) is 10.2. The molecular formula is C10H8FN2. The Balaban J connectivity index is 2.24. The molecule has 0 aliphatic rings. The van der Waals surface area contributed by atoms with E-state index in [0.29, 0.717) is 12.1 Å².